The molecule has 0 radical (unpaired) electrons. The van der Waals surface area contributed by atoms with E-state index in [1.807, 2.05) is 0 Å². The normalized spacial score (nSPS) is 35.3. The van der Waals surface area contributed by atoms with Gasteiger partial charge in [-0.25, -0.2) is 0 Å². The summed E-state index contributed by atoms with van der Waals surface area (Å²) in [6.07, 6.45) is 10.9. The lowest BCUT2D eigenvalue weighted by Gasteiger charge is -2.38. The molecule has 0 aliphatic carbocycles. The summed E-state index contributed by atoms with van der Waals surface area (Å²) in [6.45, 7) is 2.24. The fraction of sp³-hybridized carbons (Fsp3) is 0.818. The SMILES string of the molecule is CCCCCCC1OC2OC=CC12. The summed E-state index contributed by atoms with van der Waals surface area (Å²) < 4.78 is 10.8. The van der Waals surface area contributed by atoms with Gasteiger partial charge in [-0.2, -0.15) is 0 Å². The second kappa shape index (κ2) is 4.14. The van der Waals surface area contributed by atoms with Gasteiger partial charge in [-0.15, -0.1) is 0 Å². The minimum absolute atomic E-state index is 0.0659. The van der Waals surface area contributed by atoms with Gasteiger partial charge < -0.3 is 9.47 Å². The van der Waals surface area contributed by atoms with E-state index in [1.165, 1.54) is 32.1 Å². The molecule has 2 heterocycles. The van der Waals surface area contributed by atoms with Crippen LogP contribution in [0.4, 0.5) is 0 Å². The lowest BCUT2D eigenvalue weighted by atomic mass is 9.92. The van der Waals surface area contributed by atoms with Gasteiger partial charge in [0.1, 0.15) is 0 Å². The number of ether oxygens (including phenoxy) is 2. The number of unbranched alkanes of at least 4 members (excludes halogenated alkanes) is 3. The lowest BCUT2D eigenvalue weighted by Crippen LogP contribution is -2.46. The van der Waals surface area contributed by atoms with Crippen LogP contribution in [0.3, 0.4) is 0 Å². The third kappa shape index (κ3) is 1.88. The van der Waals surface area contributed by atoms with E-state index in [-0.39, 0.29) is 6.29 Å². The zero-order valence-corrected chi connectivity index (χ0v) is 8.24. The highest BCUT2D eigenvalue weighted by molar-refractivity contribution is 5.02. The first-order chi connectivity index (χ1) is 6.42. The number of rotatable bonds is 5. The monoisotopic (exact) mass is 182 g/mol. The lowest BCUT2D eigenvalue weighted by molar-refractivity contribution is -0.255. The maximum Gasteiger partial charge on any atom is 0.208 e. The largest absolute Gasteiger partial charge is 0.472 e. The van der Waals surface area contributed by atoms with Crippen LogP contribution in [-0.4, -0.2) is 12.4 Å². The van der Waals surface area contributed by atoms with Crippen molar-refractivity contribution < 1.29 is 9.47 Å². The van der Waals surface area contributed by atoms with Crippen LogP contribution in [0.2, 0.25) is 0 Å². The quantitative estimate of drug-likeness (QED) is 0.609. The average molecular weight is 182 g/mol. The summed E-state index contributed by atoms with van der Waals surface area (Å²) in [5.74, 6) is 0.557. The third-order valence-corrected chi connectivity index (χ3v) is 2.91. The highest BCUT2D eigenvalue weighted by Gasteiger charge is 2.44. The molecule has 0 saturated carbocycles. The summed E-state index contributed by atoms with van der Waals surface area (Å²) in [6, 6.07) is 0. The maximum atomic E-state index is 5.56. The molecule has 74 valence electrons. The van der Waals surface area contributed by atoms with Crippen molar-refractivity contribution in [2.45, 2.75) is 51.4 Å². The molecule has 2 nitrogen and oxygen atoms in total. The van der Waals surface area contributed by atoms with Gasteiger partial charge in [0.2, 0.25) is 6.29 Å². The van der Waals surface area contributed by atoms with Crippen LogP contribution in [0.1, 0.15) is 39.0 Å². The Balaban J connectivity index is 1.59. The van der Waals surface area contributed by atoms with Crippen LogP contribution >= 0.6 is 0 Å². The molecule has 3 atom stereocenters. The molecular weight excluding hydrogens is 164 g/mol. The minimum Gasteiger partial charge on any atom is -0.472 e. The summed E-state index contributed by atoms with van der Waals surface area (Å²) in [5.41, 5.74) is 0. The second-order valence-electron chi connectivity index (χ2n) is 3.93. The number of hydrogen-bond donors (Lipinski definition) is 0. The van der Waals surface area contributed by atoms with Gasteiger partial charge in [-0.3, -0.25) is 0 Å². The second-order valence-corrected chi connectivity index (χ2v) is 3.93. The van der Waals surface area contributed by atoms with Gasteiger partial charge in [-0.05, 0) is 12.5 Å². The van der Waals surface area contributed by atoms with Crippen LogP contribution in [0.15, 0.2) is 12.3 Å². The Morgan fingerprint density at radius 3 is 2.92 bits per heavy atom. The van der Waals surface area contributed by atoms with E-state index in [9.17, 15) is 0 Å². The molecular formula is C11H18O2. The Bertz CT molecular complexity index is 189. The zero-order chi connectivity index (χ0) is 9.10. The van der Waals surface area contributed by atoms with Crippen molar-refractivity contribution >= 4 is 0 Å². The first-order valence-corrected chi connectivity index (χ1v) is 5.39. The van der Waals surface area contributed by atoms with Crippen molar-refractivity contribution in [3.63, 3.8) is 0 Å². The van der Waals surface area contributed by atoms with Gasteiger partial charge in [0.25, 0.3) is 0 Å². The number of hydrogen-bond acceptors (Lipinski definition) is 2. The van der Waals surface area contributed by atoms with Crippen LogP contribution < -0.4 is 0 Å². The van der Waals surface area contributed by atoms with Crippen LogP contribution in [0.5, 0.6) is 0 Å². The summed E-state index contributed by atoms with van der Waals surface area (Å²) in [5, 5.41) is 0. The Morgan fingerprint density at radius 2 is 2.15 bits per heavy atom. The molecule has 2 aliphatic rings. The van der Waals surface area contributed by atoms with E-state index >= 15 is 0 Å². The predicted octanol–water partition coefficient (Wildman–Crippen LogP) is 2.84. The molecule has 13 heavy (non-hydrogen) atoms. The Labute approximate surface area is 79.9 Å². The Hall–Kier alpha value is -0.500. The van der Waals surface area contributed by atoms with E-state index in [4.69, 9.17) is 9.47 Å². The van der Waals surface area contributed by atoms with Crippen LogP contribution in [0, 0.1) is 5.92 Å². The molecule has 2 aliphatic heterocycles. The van der Waals surface area contributed by atoms with Gasteiger partial charge in [0.15, 0.2) is 0 Å². The van der Waals surface area contributed by atoms with Crippen molar-refractivity contribution in [3.05, 3.63) is 12.3 Å². The fourth-order valence-corrected chi connectivity index (χ4v) is 2.02. The smallest absolute Gasteiger partial charge is 0.208 e. The standard InChI is InChI=1S/C11H18O2/c1-2-3-4-5-6-10-9-7-8-12-11(9)13-10/h7-11H,2-6H2,1H3. The van der Waals surface area contributed by atoms with Crippen LogP contribution in [-0.2, 0) is 9.47 Å². The van der Waals surface area contributed by atoms with Crippen LogP contribution in [0.25, 0.3) is 0 Å². The molecule has 0 N–H and O–H groups in total. The summed E-state index contributed by atoms with van der Waals surface area (Å²) >= 11 is 0. The summed E-state index contributed by atoms with van der Waals surface area (Å²) in [7, 11) is 0. The van der Waals surface area contributed by atoms with E-state index in [2.05, 4.69) is 13.0 Å². The average Bonchev–Trinajstić information content (AvgIpc) is 2.47. The predicted molar refractivity (Wildman–Crippen MR) is 51.1 cm³/mol. The van der Waals surface area contributed by atoms with E-state index in [0.717, 1.165) is 0 Å². The van der Waals surface area contributed by atoms with Crippen molar-refractivity contribution in [2.24, 2.45) is 5.92 Å². The molecule has 0 spiro atoms. The fourth-order valence-electron chi connectivity index (χ4n) is 2.02. The molecule has 2 heteroatoms. The first-order valence-electron chi connectivity index (χ1n) is 5.39. The molecule has 2 rings (SSSR count). The Morgan fingerprint density at radius 1 is 1.23 bits per heavy atom. The van der Waals surface area contributed by atoms with Crippen molar-refractivity contribution in [1.82, 2.24) is 0 Å². The third-order valence-electron chi connectivity index (χ3n) is 2.91. The molecule has 0 aromatic heterocycles. The highest BCUT2D eigenvalue weighted by Crippen LogP contribution is 2.37. The Kier molecular flexibility index (Phi) is 2.89. The molecule has 0 aromatic rings. The molecule has 1 fully saturated rings. The van der Waals surface area contributed by atoms with Gasteiger partial charge in [0, 0.05) is 0 Å². The van der Waals surface area contributed by atoms with Crippen molar-refractivity contribution in [2.75, 3.05) is 0 Å². The van der Waals surface area contributed by atoms with E-state index in [1.54, 1.807) is 6.26 Å². The summed E-state index contributed by atoms with van der Waals surface area (Å²) in [4.78, 5) is 0. The molecule has 1 saturated heterocycles. The van der Waals surface area contributed by atoms with Gasteiger partial charge >= 0.3 is 0 Å². The molecule has 0 aromatic carbocycles. The van der Waals surface area contributed by atoms with E-state index in [0.29, 0.717) is 12.0 Å². The van der Waals surface area contributed by atoms with Gasteiger partial charge in [0.05, 0.1) is 18.3 Å². The van der Waals surface area contributed by atoms with Crippen molar-refractivity contribution in [3.8, 4) is 0 Å². The molecule has 0 amide bonds. The molecule has 0 bridgehead atoms. The number of fused-ring (bicyclic) bond motifs is 1. The minimum atomic E-state index is 0.0659. The maximum absolute atomic E-state index is 5.56. The topological polar surface area (TPSA) is 18.5 Å². The molecule has 3 unspecified atom stereocenters. The van der Waals surface area contributed by atoms with Gasteiger partial charge in [-0.1, -0.05) is 32.6 Å². The zero-order valence-electron chi connectivity index (χ0n) is 8.24. The van der Waals surface area contributed by atoms with E-state index < -0.39 is 0 Å². The first kappa shape index (κ1) is 9.07. The highest BCUT2D eigenvalue weighted by atomic mass is 16.7. The van der Waals surface area contributed by atoms with Crippen molar-refractivity contribution in [1.29, 1.82) is 0 Å².